The highest BCUT2D eigenvalue weighted by atomic mass is 16.2. The molecule has 1 fully saturated rings. The van der Waals surface area contributed by atoms with Gasteiger partial charge < -0.3 is 10.2 Å². The summed E-state index contributed by atoms with van der Waals surface area (Å²) >= 11 is 0. The fraction of sp³-hybridized carbons (Fsp3) is 0.600. The third kappa shape index (κ3) is 3.46. The minimum atomic E-state index is 0.147. The van der Waals surface area contributed by atoms with Gasteiger partial charge in [0.25, 0.3) is 5.91 Å². The number of carbonyl (C=O) groups excluding carboxylic acids is 1. The van der Waals surface area contributed by atoms with E-state index in [-0.39, 0.29) is 5.91 Å². The van der Waals surface area contributed by atoms with Gasteiger partial charge in [-0.2, -0.15) is 0 Å². The Morgan fingerprint density at radius 3 is 2.74 bits per heavy atom. The number of aryl methyl sites for hydroxylation is 1. The SMILES string of the molecule is CCCN(C(=O)c1cc(C)nc(NCC)c1)C1CC1. The summed E-state index contributed by atoms with van der Waals surface area (Å²) in [4.78, 5) is 19.0. The van der Waals surface area contributed by atoms with Gasteiger partial charge in [0, 0.05) is 30.4 Å². The van der Waals surface area contributed by atoms with Crippen LogP contribution < -0.4 is 5.32 Å². The molecule has 4 nitrogen and oxygen atoms in total. The number of anilines is 1. The Bertz CT molecular complexity index is 455. The molecule has 1 aliphatic carbocycles. The van der Waals surface area contributed by atoms with Gasteiger partial charge in [0.15, 0.2) is 0 Å². The van der Waals surface area contributed by atoms with E-state index >= 15 is 0 Å². The van der Waals surface area contributed by atoms with E-state index in [4.69, 9.17) is 0 Å². The maximum absolute atomic E-state index is 12.6. The van der Waals surface area contributed by atoms with Crippen molar-refractivity contribution in [3.8, 4) is 0 Å². The van der Waals surface area contributed by atoms with Crippen molar-refractivity contribution in [2.24, 2.45) is 0 Å². The molecule has 0 bridgehead atoms. The molecule has 1 aliphatic rings. The molecule has 0 aliphatic heterocycles. The standard InChI is InChI=1S/C15H23N3O/c1-4-8-18(13-6-7-13)15(19)12-9-11(3)17-14(10-12)16-5-2/h9-10,13H,4-8H2,1-3H3,(H,16,17). The van der Waals surface area contributed by atoms with E-state index < -0.39 is 0 Å². The number of aromatic nitrogens is 1. The van der Waals surface area contributed by atoms with Crippen LogP contribution in [0.4, 0.5) is 5.82 Å². The lowest BCUT2D eigenvalue weighted by Gasteiger charge is -2.22. The molecule has 0 radical (unpaired) electrons. The predicted molar refractivity (Wildman–Crippen MR) is 77.5 cm³/mol. The van der Waals surface area contributed by atoms with E-state index in [2.05, 4.69) is 17.2 Å². The summed E-state index contributed by atoms with van der Waals surface area (Å²) in [7, 11) is 0. The zero-order valence-electron chi connectivity index (χ0n) is 12.1. The van der Waals surface area contributed by atoms with Crippen LogP contribution in [0.3, 0.4) is 0 Å². The number of rotatable bonds is 6. The Morgan fingerprint density at radius 1 is 1.42 bits per heavy atom. The first kappa shape index (κ1) is 13.8. The minimum Gasteiger partial charge on any atom is -0.370 e. The number of nitrogens with zero attached hydrogens (tertiary/aromatic N) is 2. The van der Waals surface area contributed by atoms with Crippen LogP contribution in [0.25, 0.3) is 0 Å². The Balaban J connectivity index is 2.21. The molecule has 4 heteroatoms. The van der Waals surface area contributed by atoms with E-state index in [9.17, 15) is 4.79 Å². The smallest absolute Gasteiger partial charge is 0.254 e. The first-order valence-electron chi connectivity index (χ1n) is 7.19. The van der Waals surface area contributed by atoms with Crippen LogP contribution in [0.15, 0.2) is 12.1 Å². The molecule has 1 aromatic rings. The summed E-state index contributed by atoms with van der Waals surface area (Å²) in [6, 6.07) is 4.21. The number of hydrogen-bond donors (Lipinski definition) is 1. The summed E-state index contributed by atoms with van der Waals surface area (Å²) in [5, 5.41) is 3.18. The first-order valence-corrected chi connectivity index (χ1v) is 7.19. The highest BCUT2D eigenvalue weighted by Gasteiger charge is 2.32. The molecule has 2 rings (SSSR count). The van der Waals surface area contributed by atoms with Gasteiger partial charge >= 0.3 is 0 Å². The van der Waals surface area contributed by atoms with E-state index in [0.717, 1.165) is 49.4 Å². The van der Waals surface area contributed by atoms with Crippen molar-refractivity contribution in [3.63, 3.8) is 0 Å². The van der Waals surface area contributed by atoms with E-state index in [1.807, 2.05) is 30.9 Å². The third-order valence-electron chi connectivity index (χ3n) is 3.27. The molecule has 0 atom stereocenters. The zero-order valence-corrected chi connectivity index (χ0v) is 12.1. The maximum Gasteiger partial charge on any atom is 0.254 e. The summed E-state index contributed by atoms with van der Waals surface area (Å²) in [5.41, 5.74) is 1.64. The van der Waals surface area contributed by atoms with Crippen LogP contribution in [0.2, 0.25) is 0 Å². The monoisotopic (exact) mass is 261 g/mol. The number of amides is 1. The second-order valence-electron chi connectivity index (χ2n) is 5.14. The Labute approximate surface area is 115 Å². The molecule has 0 saturated heterocycles. The molecule has 19 heavy (non-hydrogen) atoms. The fourth-order valence-electron chi connectivity index (χ4n) is 2.31. The molecule has 1 aromatic heterocycles. The molecule has 104 valence electrons. The molecule has 1 heterocycles. The largest absolute Gasteiger partial charge is 0.370 e. The van der Waals surface area contributed by atoms with Gasteiger partial charge in [0.05, 0.1) is 0 Å². The Hall–Kier alpha value is -1.58. The second kappa shape index (κ2) is 6.04. The van der Waals surface area contributed by atoms with E-state index in [1.165, 1.54) is 0 Å². The molecule has 1 saturated carbocycles. The topological polar surface area (TPSA) is 45.2 Å². The van der Waals surface area contributed by atoms with Crippen LogP contribution in [-0.2, 0) is 0 Å². The lowest BCUT2D eigenvalue weighted by molar-refractivity contribution is 0.0743. The summed E-state index contributed by atoms with van der Waals surface area (Å²) in [5.74, 6) is 0.937. The second-order valence-corrected chi connectivity index (χ2v) is 5.14. The highest BCUT2D eigenvalue weighted by molar-refractivity contribution is 5.95. The van der Waals surface area contributed by atoms with Crippen molar-refractivity contribution in [3.05, 3.63) is 23.4 Å². The van der Waals surface area contributed by atoms with Crippen LogP contribution in [0.5, 0.6) is 0 Å². The zero-order chi connectivity index (χ0) is 13.8. The van der Waals surface area contributed by atoms with Gasteiger partial charge in [-0.3, -0.25) is 4.79 Å². The average molecular weight is 261 g/mol. The van der Waals surface area contributed by atoms with Crippen LogP contribution >= 0.6 is 0 Å². The molecule has 0 unspecified atom stereocenters. The molecule has 0 spiro atoms. The normalized spacial score (nSPS) is 14.3. The van der Waals surface area contributed by atoms with Gasteiger partial charge in [-0.05, 0) is 45.2 Å². The molecular formula is C15H23N3O. The fourth-order valence-corrected chi connectivity index (χ4v) is 2.31. The number of carbonyl (C=O) groups is 1. The van der Waals surface area contributed by atoms with Crippen LogP contribution in [0.1, 0.15) is 49.2 Å². The molecule has 1 amide bonds. The van der Waals surface area contributed by atoms with Gasteiger partial charge in [0.2, 0.25) is 0 Å². The summed E-state index contributed by atoms with van der Waals surface area (Å²) in [6.45, 7) is 7.73. The highest BCUT2D eigenvalue weighted by Crippen LogP contribution is 2.28. The minimum absolute atomic E-state index is 0.147. The van der Waals surface area contributed by atoms with Crippen molar-refractivity contribution in [2.75, 3.05) is 18.4 Å². The van der Waals surface area contributed by atoms with Crippen molar-refractivity contribution < 1.29 is 4.79 Å². The molecule has 0 aromatic carbocycles. The van der Waals surface area contributed by atoms with Crippen LogP contribution in [0, 0.1) is 6.92 Å². The summed E-state index contributed by atoms with van der Waals surface area (Å²) in [6.07, 6.45) is 3.30. The number of hydrogen-bond acceptors (Lipinski definition) is 3. The van der Waals surface area contributed by atoms with Gasteiger partial charge in [-0.1, -0.05) is 6.92 Å². The van der Waals surface area contributed by atoms with Crippen molar-refractivity contribution in [1.29, 1.82) is 0 Å². The maximum atomic E-state index is 12.6. The first-order chi connectivity index (χ1) is 9.15. The molecule has 1 N–H and O–H groups in total. The van der Waals surface area contributed by atoms with Gasteiger partial charge in [-0.15, -0.1) is 0 Å². The van der Waals surface area contributed by atoms with E-state index in [0.29, 0.717) is 6.04 Å². The van der Waals surface area contributed by atoms with Crippen molar-refractivity contribution >= 4 is 11.7 Å². The quantitative estimate of drug-likeness (QED) is 0.856. The average Bonchev–Trinajstić information content (AvgIpc) is 3.19. The van der Waals surface area contributed by atoms with Crippen LogP contribution in [-0.4, -0.2) is 34.9 Å². The predicted octanol–water partition coefficient (Wildman–Crippen LogP) is 2.84. The third-order valence-corrected chi connectivity index (χ3v) is 3.27. The Kier molecular flexibility index (Phi) is 4.40. The molecular weight excluding hydrogens is 238 g/mol. The summed E-state index contributed by atoms with van der Waals surface area (Å²) < 4.78 is 0. The van der Waals surface area contributed by atoms with E-state index in [1.54, 1.807) is 0 Å². The van der Waals surface area contributed by atoms with Crippen molar-refractivity contribution in [2.45, 2.75) is 46.1 Å². The number of nitrogens with one attached hydrogen (secondary N) is 1. The Morgan fingerprint density at radius 2 is 2.16 bits per heavy atom. The van der Waals surface area contributed by atoms with Gasteiger partial charge in [-0.25, -0.2) is 4.98 Å². The number of pyridine rings is 1. The lowest BCUT2D eigenvalue weighted by atomic mass is 10.2. The lowest BCUT2D eigenvalue weighted by Crippen LogP contribution is -2.33. The van der Waals surface area contributed by atoms with Crippen molar-refractivity contribution in [1.82, 2.24) is 9.88 Å². The van der Waals surface area contributed by atoms with Gasteiger partial charge in [0.1, 0.15) is 5.82 Å².